The SMILES string of the molecule is CCC(CSc1nnc(-c2cn(C)nc2C(F)F)o1)Sc1n[nH]c(-c2ccc(Cl)cc2)n1. The van der Waals surface area contributed by atoms with Gasteiger partial charge < -0.3 is 4.42 Å². The number of aromatic nitrogens is 7. The lowest BCUT2D eigenvalue weighted by molar-refractivity contribution is 0.145. The van der Waals surface area contributed by atoms with Crippen molar-refractivity contribution in [1.82, 2.24) is 35.2 Å². The lowest BCUT2D eigenvalue weighted by atomic mass is 10.2. The van der Waals surface area contributed by atoms with Crippen molar-refractivity contribution in [3.63, 3.8) is 0 Å². The van der Waals surface area contributed by atoms with Crippen LogP contribution in [0.5, 0.6) is 0 Å². The Morgan fingerprint density at radius 3 is 2.72 bits per heavy atom. The quantitative estimate of drug-likeness (QED) is 0.302. The van der Waals surface area contributed by atoms with Crippen LogP contribution in [0.15, 0.2) is 45.3 Å². The highest BCUT2D eigenvalue weighted by molar-refractivity contribution is 8.03. The van der Waals surface area contributed by atoms with Gasteiger partial charge in [0.05, 0.1) is 5.56 Å². The third-order valence-corrected chi connectivity index (χ3v) is 7.07. The highest BCUT2D eigenvalue weighted by Crippen LogP contribution is 2.33. The number of alkyl halides is 2. The Labute approximate surface area is 195 Å². The minimum Gasteiger partial charge on any atom is -0.411 e. The minimum atomic E-state index is -2.73. The molecule has 3 aromatic heterocycles. The average Bonchev–Trinajstić information content (AvgIpc) is 3.51. The zero-order chi connectivity index (χ0) is 22.7. The molecule has 8 nitrogen and oxygen atoms in total. The Balaban J connectivity index is 1.38. The summed E-state index contributed by atoms with van der Waals surface area (Å²) in [6.07, 6.45) is -0.425. The molecule has 0 fully saturated rings. The zero-order valence-corrected chi connectivity index (χ0v) is 19.4. The van der Waals surface area contributed by atoms with Crippen LogP contribution in [0.25, 0.3) is 22.8 Å². The van der Waals surface area contributed by atoms with E-state index in [1.54, 1.807) is 19.2 Å². The van der Waals surface area contributed by atoms with Gasteiger partial charge in [-0.05, 0) is 30.7 Å². The molecule has 0 saturated heterocycles. The standard InChI is InChI=1S/C19H18ClF2N7OS2/c1-3-12(32-18-23-16(24-26-18)10-4-6-11(20)7-5-10)9-31-19-27-25-17(30-19)13-8-29(2)28-14(13)15(21)22/h4-8,12,15H,3,9H2,1-2H3,(H,23,24,26). The normalized spacial score (nSPS) is 12.6. The Hall–Kier alpha value is -2.44. The lowest BCUT2D eigenvalue weighted by Gasteiger charge is -2.09. The molecule has 0 radical (unpaired) electrons. The van der Waals surface area contributed by atoms with E-state index in [0.717, 1.165) is 12.0 Å². The van der Waals surface area contributed by atoms with Crippen LogP contribution < -0.4 is 0 Å². The number of H-pyrrole nitrogens is 1. The predicted octanol–water partition coefficient (Wildman–Crippen LogP) is 5.51. The van der Waals surface area contributed by atoms with Gasteiger partial charge in [0, 0.05) is 34.8 Å². The molecular weight excluding hydrogens is 480 g/mol. The molecule has 13 heteroatoms. The number of aromatic amines is 1. The molecule has 0 saturated carbocycles. The molecule has 0 aliphatic rings. The van der Waals surface area contributed by atoms with E-state index < -0.39 is 6.43 Å². The van der Waals surface area contributed by atoms with Gasteiger partial charge in [0.1, 0.15) is 5.69 Å². The number of thioether (sulfide) groups is 2. The van der Waals surface area contributed by atoms with Gasteiger partial charge in [0.25, 0.3) is 17.5 Å². The van der Waals surface area contributed by atoms with Crippen LogP contribution >= 0.6 is 35.1 Å². The summed E-state index contributed by atoms with van der Waals surface area (Å²) in [7, 11) is 1.56. The maximum Gasteiger partial charge on any atom is 0.282 e. The van der Waals surface area contributed by atoms with Crippen molar-refractivity contribution < 1.29 is 13.2 Å². The van der Waals surface area contributed by atoms with Gasteiger partial charge in [-0.3, -0.25) is 9.78 Å². The topological polar surface area (TPSA) is 98.3 Å². The van der Waals surface area contributed by atoms with E-state index in [4.69, 9.17) is 16.0 Å². The lowest BCUT2D eigenvalue weighted by Crippen LogP contribution is -2.04. The summed E-state index contributed by atoms with van der Waals surface area (Å²) >= 11 is 8.82. The van der Waals surface area contributed by atoms with Crippen molar-refractivity contribution in [2.24, 2.45) is 7.05 Å². The molecule has 0 aliphatic carbocycles. The van der Waals surface area contributed by atoms with Crippen molar-refractivity contribution in [2.75, 3.05) is 5.75 Å². The predicted molar refractivity (Wildman–Crippen MR) is 119 cm³/mol. The van der Waals surface area contributed by atoms with Gasteiger partial charge in [-0.25, -0.2) is 13.8 Å². The van der Waals surface area contributed by atoms with Crippen molar-refractivity contribution in [2.45, 2.75) is 35.4 Å². The Morgan fingerprint density at radius 1 is 1.22 bits per heavy atom. The summed E-state index contributed by atoms with van der Waals surface area (Å²) in [6, 6.07) is 7.34. The molecule has 1 atom stereocenters. The number of nitrogens with one attached hydrogen (secondary N) is 1. The molecule has 0 amide bonds. The fourth-order valence-corrected chi connectivity index (χ4v) is 4.90. The first-order valence-electron chi connectivity index (χ1n) is 9.56. The Bertz CT molecular complexity index is 1180. The van der Waals surface area contributed by atoms with Gasteiger partial charge in [0.15, 0.2) is 5.82 Å². The van der Waals surface area contributed by atoms with E-state index >= 15 is 0 Å². The van der Waals surface area contributed by atoms with Crippen LogP contribution in [0.1, 0.15) is 25.5 Å². The number of nitrogens with zero attached hydrogens (tertiary/aromatic N) is 6. The zero-order valence-electron chi connectivity index (χ0n) is 17.0. The fraction of sp³-hybridized carbons (Fsp3) is 0.316. The molecule has 1 unspecified atom stereocenters. The molecule has 0 bridgehead atoms. The summed E-state index contributed by atoms with van der Waals surface area (Å²) in [4.78, 5) is 4.54. The second kappa shape index (κ2) is 10.0. The van der Waals surface area contributed by atoms with E-state index in [1.165, 1.54) is 34.4 Å². The molecular formula is C19H18ClF2N7OS2. The number of aryl methyl sites for hydroxylation is 1. The van der Waals surface area contributed by atoms with Gasteiger partial charge in [0.2, 0.25) is 5.16 Å². The number of hydrogen-bond donors (Lipinski definition) is 1. The molecule has 3 heterocycles. The largest absolute Gasteiger partial charge is 0.411 e. The van der Waals surface area contributed by atoms with Crippen LogP contribution in [-0.4, -0.2) is 46.2 Å². The molecule has 0 spiro atoms. The Morgan fingerprint density at radius 2 is 2.00 bits per heavy atom. The monoisotopic (exact) mass is 497 g/mol. The highest BCUT2D eigenvalue weighted by atomic mass is 35.5. The first-order chi connectivity index (χ1) is 15.4. The number of halogens is 3. The van der Waals surface area contributed by atoms with E-state index in [1.807, 2.05) is 12.1 Å². The molecule has 168 valence electrons. The summed E-state index contributed by atoms with van der Waals surface area (Å²) in [5, 5.41) is 20.6. The van der Waals surface area contributed by atoms with E-state index in [2.05, 4.69) is 37.4 Å². The molecule has 0 aliphatic heterocycles. The summed E-state index contributed by atoms with van der Waals surface area (Å²) < 4.78 is 33.2. The molecule has 32 heavy (non-hydrogen) atoms. The van der Waals surface area contributed by atoms with Gasteiger partial charge >= 0.3 is 0 Å². The number of rotatable bonds is 9. The highest BCUT2D eigenvalue weighted by Gasteiger charge is 2.23. The van der Waals surface area contributed by atoms with Crippen molar-refractivity contribution in [1.29, 1.82) is 0 Å². The van der Waals surface area contributed by atoms with E-state index in [-0.39, 0.29) is 22.4 Å². The molecule has 4 aromatic rings. The van der Waals surface area contributed by atoms with Crippen molar-refractivity contribution in [3.05, 3.63) is 41.2 Å². The Kier molecular flexibility index (Phi) is 7.11. The average molecular weight is 498 g/mol. The van der Waals surface area contributed by atoms with E-state index in [0.29, 0.717) is 27.0 Å². The first-order valence-corrected chi connectivity index (χ1v) is 11.8. The van der Waals surface area contributed by atoms with Crippen LogP contribution in [-0.2, 0) is 7.05 Å². The van der Waals surface area contributed by atoms with Crippen LogP contribution in [0.3, 0.4) is 0 Å². The second-order valence-corrected chi connectivity index (χ2v) is 9.38. The van der Waals surface area contributed by atoms with Gasteiger partial charge in [-0.2, -0.15) is 5.10 Å². The molecule has 1 aromatic carbocycles. The van der Waals surface area contributed by atoms with Crippen LogP contribution in [0.4, 0.5) is 8.78 Å². The third kappa shape index (κ3) is 5.30. The van der Waals surface area contributed by atoms with Gasteiger partial charge in [-0.15, -0.1) is 15.3 Å². The first kappa shape index (κ1) is 22.7. The van der Waals surface area contributed by atoms with Crippen molar-refractivity contribution in [3.8, 4) is 22.8 Å². The smallest absolute Gasteiger partial charge is 0.282 e. The third-order valence-electron chi connectivity index (χ3n) is 4.40. The molecule has 1 N–H and O–H groups in total. The summed E-state index contributed by atoms with van der Waals surface area (Å²) in [6.45, 7) is 2.06. The van der Waals surface area contributed by atoms with Gasteiger partial charge in [-0.1, -0.05) is 42.0 Å². The number of benzene rings is 1. The molecule has 4 rings (SSSR count). The van der Waals surface area contributed by atoms with Crippen LogP contribution in [0, 0.1) is 0 Å². The fourth-order valence-electron chi connectivity index (χ4n) is 2.79. The maximum absolute atomic E-state index is 13.2. The summed E-state index contributed by atoms with van der Waals surface area (Å²) in [5.74, 6) is 1.35. The second-order valence-electron chi connectivity index (χ2n) is 6.71. The van der Waals surface area contributed by atoms with Crippen molar-refractivity contribution >= 4 is 35.1 Å². The maximum atomic E-state index is 13.2. The summed E-state index contributed by atoms with van der Waals surface area (Å²) in [5.41, 5.74) is 0.655. The number of hydrogen-bond acceptors (Lipinski definition) is 8. The van der Waals surface area contributed by atoms with E-state index in [9.17, 15) is 8.78 Å². The minimum absolute atomic E-state index is 0.0261. The van der Waals surface area contributed by atoms with Crippen LogP contribution in [0.2, 0.25) is 5.02 Å².